The lowest BCUT2D eigenvalue weighted by Crippen LogP contribution is -2.12. The SMILES string of the molecule is C=C(NCc1ccccc1C)c1ccc(C)c(C(C)=C(C)C)c1.CCc1ccc(-c2ccccc2C(=O)O)cc1. The van der Waals surface area contributed by atoms with E-state index in [9.17, 15) is 4.79 Å². The smallest absolute Gasteiger partial charge is 0.336 e. The van der Waals surface area contributed by atoms with Crippen molar-refractivity contribution in [2.45, 2.75) is 54.5 Å². The van der Waals surface area contributed by atoms with Crippen LogP contribution in [0.5, 0.6) is 0 Å². The van der Waals surface area contributed by atoms with E-state index >= 15 is 0 Å². The van der Waals surface area contributed by atoms with Crippen LogP contribution in [0.25, 0.3) is 22.4 Å². The number of carboxylic acid groups (broad SMARTS) is 1. The minimum Gasteiger partial charge on any atom is -0.478 e. The van der Waals surface area contributed by atoms with Gasteiger partial charge in [0, 0.05) is 12.2 Å². The summed E-state index contributed by atoms with van der Waals surface area (Å²) in [5.41, 5.74) is 13.3. The van der Waals surface area contributed by atoms with Gasteiger partial charge in [0.1, 0.15) is 0 Å². The zero-order valence-electron chi connectivity index (χ0n) is 24.6. The average molecular weight is 532 g/mol. The third kappa shape index (κ3) is 7.83. The molecule has 0 amide bonds. The van der Waals surface area contributed by atoms with Crippen LogP contribution in [0.15, 0.2) is 103 Å². The predicted octanol–water partition coefficient (Wildman–Crippen LogP) is 9.49. The summed E-state index contributed by atoms with van der Waals surface area (Å²) in [5, 5.41) is 12.6. The van der Waals surface area contributed by atoms with Crippen molar-refractivity contribution in [1.29, 1.82) is 0 Å². The summed E-state index contributed by atoms with van der Waals surface area (Å²) in [6.07, 6.45) is 0.987. The maximum atomic E-state index is 11.1. The average Bonchev–Trinajstić information content (AvgIpc) is 2.96. The van der Waals surface area contributed by atoms with Crippen molar-refractivity contribution in [2.75, 3.05) is 0 Å². The van der Waals surface area contributed by atoms with Crippen LogP contribution in [0, 0.1) is 13.8 Å². The molecule has 4 aromatic carbocycles. The lowest BCUT2D eigenvalue weighted by molar-refractivity contribution is 0.0697. The maximum absolute atomic E-state index is 11.1. The number of hydrogen-bond acceptors (Lipinski definition) is 2. The van der Waals surface area contributed by atoms with Crippen LogP contribution in [0.4, 0.5) is 0 Å². The first-order valence-corrected chi connectivity index (χ1v) is 13.8. The molecule has 0 aliphatic heterocycles. The van der Waals surface area contributed by atoms with Gasteiger partial charge in [-0.25, -0.2) is 4.79 Å². The van der Waals surface area contributed by atoms with Gasteiger partial charge < -0.3 is 10.4 Å². The lowest BCUT2D eigenvalue weighted by Gasteiger charge is -2.15. The number of carboxylic acids is 1. The van der Waals surface area contributed by atoms with E-state index in [1.807, 2.05) is 36.4 Å². The molecule has 0 spiro atoms. The summed E-state index contributed by atoms with van der Waals surface area (Å²) < 4.78 is 0. The molecule has 0 saturated heterocycles. The fourth-order valence-electron chi connectivity index (χ4n) is 4.44. The summed E-state index contributed by atoms with van der Waals surface area (Å²) in [7, 11) is 0. The van der Waals surface area contributed by atoms with Crippen LogP contribution in [0.3, 0.4) is 0 Å². The van der Waals surface area contributed by atoms with Gasteiger partial charge in [-0.1, -0.05) is 97.9 Å². The van der Waals surface area contributed by atoms with Crippen molar-refractivity contribution in [2.24, 2.45) is 0 Å². The highest BCUT2D eigenvalue weighted by molar-refractivity contribution is 5.96. The molecule has 2 N–H and O–H groups in total. The minimum atomic E-state index is -0.889. The molecule has 0 aromatic heterocycles. The number of hydrogen-bond donors (Lipinski definition) is 2. The van der Waals surface area contributed by atoms with Crippen LogP contribution < -0.4 is 5.32 Å². The standard InChI is InChI=1S/C22H27N.C15H14O2/c1-15(2)18(5)22-13-20(12-11-17(22)4)19(6)23-14-21-10-8-7-9-16(21)3;1-2-11-7-9-12(10-8-11)13-5-3-4-6-14(13)15(16)17/h7-13,23H,6,14H2,1-5H3;3-10H,2H2,1H3,(H,16,17). The topological polar surface area (TPSA) is 49.3 Å². The summed E-state index contributed by atoms with van der Waals surface area (Å²) in [6, 6.07) is 30.1. The highest BCUT2D eigenvalue weighted by atomic mass is 16.4. The van der Waals surface area contributed by atoms with Gasteiger partial charge in [0.25, 0.3) is 0 Å². The molecular weight excluding hydrogens is 490 g/mol. The number of benzene rings is 4. The van der Waals surface area contributed by atoms with Crippen molar-refractivity contribution < 1.29 is 9.90 Å². The predicted molar refractivity (Wildman–Crippen MR) is 170 cm³/mol. The Hall–Kier alpha value is -4.37. The van der Waals surface area contributed by atoms with Gasteiger partial charge in [0.15, 0.2) is 0 Å². The van der Waals surface area contributed by atoms with Gasteiger partial charge >= 0.3 is 5.97 Å². The summed E-state index contributed by atoms with van der Waals surface area (Å²) in [4.78, 5) is 11.1. The molecule has 3 heteroatoms. The van der Waals surface area contributed by atoms with Crippen LogP contribution in [0.1, 0.15) is 71.4 Å². The third-order valence-electron chi connectivity index (χ3n) is 7.32. The van der Waals surface area contributed by atoms with Crippen molar-refractivity contribution >= 4 is 17.2 Å². The van der Waals surface area contributed by atoms with Gasteiger partial charge in [-0.05, 0) is 103 Å². The van der Waals surface area contributed by atoms with Crippen LogP contribution in [0.2, 0.25) is 0 Å². The van der Waals surface area contributed by atoms with Crippen LogP contribution in [-0.4, -0.2) is 11.1 Å². The molecule has 0 radical (unpaired) electrons. The Kier molecular flexibility index (Phi) is 10.7. The first-order chi connectivity index (χ1) is 19.1. The van der Waals surface area contributed by atoms with Gasteiger partial charge in [-0.2, -0.15) is 0 Å². The minimum absolute atomic E-state index is 0.344. The maximum Gasteiger partial charge on any atom is 0.336 e. The monoisotopic (exact) mass is 531 g/mol. The molecule has 0 aliphatic rings. The Labute approximate surface area is 239 Å². The van der Waals surface area contributed by atoms with E-state index in [0.29, 0.717) is 5.56 Å². The van der Waals surface area contributed by atoms with E-state index < -0.39 is 5.97 Å². The number of aromatic carboxylic acids is 1. The molecule has 4 rings (SSSR count). The molecule has 4 aromatic rings. The Bertz CT molecular complexity index is 1510. The lowest BCUT2D eigenvalue weighted by atomic mass is 9.95. The van der Waals surface area contributed by atoms with Crippen molar-refractivity contribution in [3.63, 3.8) is 0 Å². The molecule has 0 heterocycles. The molecule has 0 atom stereocenters. The Morgan fingerprint density at radius 1 is 0.800 bits per heavy atom. The number of allylic oxidation sites excluding steroid dienone is 2. The number of aryl methyl sites for hydroxylation is 3. The number of nitrogens with one attached hydrogen (secondary N) is 1. The molecule has 0 bridgehead atoms. The van der Waals surface area contributed by atoms with E-state index in [1.54, 1.807) is 12.1 Å². The molecule has 3 nitrogen and oxygen atoms in total. The van der Waals surface area contributed by atoms with E-state index in [0.717, 1.165) is 35.4 Å². The zero-order valence-corrected chi connectivity index (χ0v) is 24.6. The largest absolute Gasteiger partial charge is 0.478 e. The van der Waals surface area contributed by atoms with Gasteiger partial charge in [-0.15, -0.1) is 0 Å². The molecule has 0 fully saturated rings. The Morgan fingerprint density at radius 3 is 2.08 bits per heavy atom. The third-order valence-corrected chi connectivity index (χ3v) is 7.32. The van der Waals surface area contributed by atoms with Gasteiger partial charge in [0.2, 0.25) is 0 Å². The summed E-state index contributed by atoms with van der Waals surface area (Å²) >= 11 is 0. The first kappa shape index (κ1) is 30.2. The zero-order chi connectivity index (χ0) is 29.2. The summed E-state index contributed by atoms with van der Waals surface area (Å²) in [5.74, 6) is -0.889. The van der Waals surface area contributed by atoms with Crippen molar-refractivity contribution in [3.8, 4) is 11.1 Å². The van der Waals surface area contributed by atoms with Gasteiger partial charge in [-0.3, -0.25) is 0 Å². The van der Waals surface area contributed by atoms with Crippen LogP contribution >= 0.6 is 0 Å². The van der Waals surface area contributed by atoms with E-state index in [2.05, 4.69) is 95.9 Å². The number of rotatable bonds is 8. The van der Waals surface area contributed by atoms with E-state index in [1.165, 1.54) is 39.0 Å². The van der Waals surface area contributed by atoms with Gasteiger partial charge in [0.05, 0.1) is 5.56 Å². The van der Waals surface area contributed by atoms with Crippen molar-refractivity contribution in [1.82, 2.24) is 5.32 Å². The molecule has 40 heavy (non-hydrogen) atoms. The Balaban J connectivity index is 0.000000230. The molecule has 0 unspecified atom stereocenters. The highest BCUT2D eigenvalue weighted by Crippen LogP contribution is 2.26. The molecule has 206 valence electrons. The second-order valence-corrected chi connectivity index (χ2v) is 10.3. The molecule has 0 aliphatic carbocycles. The normalized spacial score (nSPS) is 10.2. The fourth-order valence-corrected chi connectivity index (χ4v) is 4.44. The fraction of sp³-hybridized carbons (Fsp3) is 0.216. The van der Waals surface area contributed by atoms with Crippen molar-refractivity contribution in [3.05, 3.63) is 142 Å². The van der Waals surface area contributed by atoms with Crippen LogP contribution in [-0.2, 0) is 13.0 Å². The summed E-state index contributed by atoms with van der Waals surface area (Å²) in [6.45, 7) is 17.9. The van der Waals surface area contributed by atoms with E-state index in [-0.39, 0.29) is 0 Å². The van der Waals surface area contributed by atoms with E-state index in [4.69, 9.17) is 5.11 Å². The quantitative estimate of drug-likeness (QED) is 0.238. The molecular formula is C37H41NO2. The Morgan fingerprint density at radius 2 is 1.45 bits per heavy atom. The second kappa shape index (κ2) is 14.1. The second-order valence-electron chi connectivity index (χ2n) is 10.3. The number of carbonyl (C=O) groups is 1. The molecule has 0 saturated carbocycles. The first-order valence-electron chi connectivity index (χ1n) is 13.8. The highest BCUT2D eigenvalue weighted by Gasteiger charge is 2.10.